The molecular formula is C37H42F6O. The highest BCUT2D eigenvalue weighted by atomic mass is 19.3. The molecule has 44 heavy (non-hydrogen) atoms. The van der Waals surface area contributed by atoms with Crippen LogP contribution in [-0.4, -0.2) is 6.11 Å². The quantitative estimate of drug-likeness (QED) is 0.154. The fraction of sp³-hybridized carbons (Fsp3) is 0.514. The van der Waals surface area contributed by atoms with Crippen molar-refractivity contribution >= 4 is 0 Å². The first-order valence-electron chi connectivity index (χ1n) is 16.2. The minimum Gasteiger partial charge on any atom is -0.432 e. The van der Waals surface area contributed by atoms with Gasteiger partial charge in [0.25, 0.3) is 6.43 Å². The second-order valence-corrected chi connectivity index (χ2v) is 12.8. The Morgan fingerprint density at radius 2 is 1.39 bits per heavy atom. The van der Waals surface area contributed by atoms with Gasteiger partial charge in [0.15, 0.2) is 0 Å². The van der Waals surface area contributed by atoms with Crippen molar-refractivity contribution in [3.05, 3.63) is 89.0 Å². The van der Waals surface area contributed by atoms with E-state index in [0.29, 0.717) is 30.4 Å². The first-order chi connectivity index (χ1) is 21.1. The minimum atomic E-state index is -3.60. The first-order valence-corrected chi connectivity index (χ1v) is 16.2. The number of benzene rings is 3. The summed E-state index contributed by atoms with van der Waals surface area (Å²) in [4.78, 5) is 0. The van der Waals surface area contributed by atoms with E-state index in [1.54, 1.807) is 6.07 Å². The zero-order valence-corrected chi connectivity index (χ0v) is 25.3. The second kappa shape index (κ2) is 14.4. The molecule has 7 heteroatoms. The first kappa shape index (κ1) is 32.4. The zero-order valence-electron chi connectivity index (χ0n) is 25.3. The maximum Gasteiger partial charge on any atom is 0.400 e. The molecule has 0 unspecified atom stereocenters. The van der Waals surface area contributed by atoms with Crippen LogP contribution in [0.5, 0.6) is 5.75 Å². The van der Waals surface area contributed by atoms with Crippen molar-refractivity contribution in [3.63, 3.8) is 0 Å². The number of alkyl halides is 4. The van der Waals surface area contributed by atoms with E-state index >= 15 is 4.39 Å². The fourth-order valence-electron chi connectivity index (χ4n) is 7.18. The lowest BCUT2D eigenvalue weighted by Crippen LogP contribution is -2.37. The van der Waals surface area contributed by atoms with Gasteiger partial charge >= 0.3 is 6.11 Å². The molecule has 0 atom stereocenters. The highest BCUT2D eigenvalue weighted by Gasteiger charge is 2.44. The summed E-state index contributed by atoms with van der Waals surface area (Å²) in [5.74, 6) is -2.02. The van der Waals surface area contributed by atoms with Gasteiger partial charge in [-0.1, -0.05) is 69.0 Å². The highest BCUT2D eigenvalue weighted by Crippen LogP contribution is 2.44. The normalized spacial score (nSPS) is 22.7. The third kappa shape index (κ3) is 7.81. The summed E-state index contributed by atoms with van der Waals surface area (Å²) in [5, 5.41) is 0. The number of hydrogen-bond acceptors (Lipinski definition) is 1. The summed E-state index contributed by atoms with van der Waals surface area (Å²) in [5.41, 5.74) is 2.75. The molecule has 238 valence electrons. The van der Waals surface area contributed by atoms with Gasteiger partial charge in [-0.25, -0.2) is 17.6 Å². The molecule has 0 spiro atoms. The SMILES string of the molecule is CCCCCC1CCC(c2ccc(-c3ccc(C4CCC(C(F)(F)Oc5ccc(C(F)F)c(F)c5)CC4)c(F)c3)cc2)CC1. The number of hydrogen-bond donors (Lipinski definition) is 0. The van der Waals surface area contributed by atoms with Gasteiger partial charge in [-0.05, 0) is 110 Å². The molecular weight excluding hydrogens is 574 g/mol. The molecule has 0 radical (unpaired) electrons. The Morgan fingerprint density at radius 1 is 0.727 bits per heavy atom. The summed E-state index contributed by atoms with van der Waals surface area (Å²) in [7, 11) is 0. The van der Waals surface area contributed by atoms with Gasteiger partial charge in [0.1, 0.15) is 17.4 Å². The molecule has 2 saturated carbocycles. The van der Waals surface area contributed by atoms with Crippen LogP contribution in [0.3, 0.4) is 0 Å². The Kier molecular flexibility index (Phi) is 10.6. The van der Waals surface area contributed by atoms with Crippen molar-refractivity contribution in [2.45, 2.75) is 108 Å². The lowest BCUT2D eigenvalue weighted by Gasteiger charge is -2.33. The van der Waals surface area contributed by atoms with Crippen molar-refractivity contribution in [2.24, 2.45) is 11.8 Å². The summed E-state index contributed by atoms with van der Waals surface area (Å²) >= 11 is 0. The van der Waals surface area contributed by atoms with Crippen LogP contribution in [0.4, 0.5) is 26.3 Å². The third-order valence-corrected chi connectivity index (χ3v) is 9.88. The molecule has 5 rings (SSSR count). The van der Waals surface area contributed by atoms with E-state index in [0.717, 1.165) is 29.2 Å². The maximum atomic E-state index is 15.3. The monoisotopic (exact) mass is 616 g/mol. The molecule has 0 saturated heterocycles. The van der Waals surface area contributed by atoms with Gasteiger partial charge in [-0.3, -0.25) is 0 Å². The molecule has 0 aliphatic heterocycles. The molecule has 0 N–H and O–H groups in total. The van der Waals surface area contributed by atoms with Gasteiger partial charge in [0.05, 0.1) is 11.5 Å². The Labute approximate surface area is 257 Å². The Morgan fingerprint density at radius 3 is 2.00 bits per heavy atom. The smallest absolute Gasteiger partial charge is 0.400 e. The van der Waals surface area contributed by atoms with Crippen LogP contribution >= 0.6 is 0 Å². The number of rotatable bonds is 11. The van der Waals surface area contributed by atoms with Gasteiger partial charge in [-0.2, -0.15) is 8.78 Å². The predicted octanol–water partition coefficient (Wildman–Crippen LogP) is 12.4. The van der Waals surface area contributed by atoms with E-state index < -0.39 is 35.6 Å². The molecule has 2 fully saturated rings. The van der Waals surface area contributed by atoms with Crippen molar-refractivity contribution in [2.75, 3.05) is 0 Å². The molecule has 2 aliphatic carbocycles. The van der Waals surface area contributed by atoms with Crippen LogP contribution in [0.15, 0.2) is 60.7 Å². The fourth-order valence-corrected chi connectivity index (χ4v) is 7.18. The molecule has 3 aromatic carbocycles. The lowest BCUT2D eigenvalue weighted by atomic mass is 9.77. The van der Waals surface area contributed by atoms with Crippen molar-refractivity contribution < 1.29 is 31.1 Å². The molecule has 0 bridgehead atoms. The van der Waals surface area contributed by atoms with Crippen LogP contribution in [0.25, 0.3) is 11.1 Å². The van der Waals surface area contributed by atoms with Gasteiger partial charge < -0.3 is 4.74 Å². The Bertz CT molecular complexity index is 1350. The van der Waals surface area contributed by atoms with Crippen LogP contribution in [0.1, 0.15) is 119 Å². The molecule has 0 heterocycles. The minimum absolute atomic E-state index is 0.0958. The van der Waals surface area contributed by atoms with Gasteiger partial charge in [-0.15, -0.1) is 0 Å². The topological polar surface area (TPSA) is 9.23 Å². The van der Waals surface area contributed by atoms with Crippen LogP contribution < -0.4 is 4.74 Å². The average molecular weight is 617 g/mol. The van der Waals surface area contributed by atoms with Gasteiger partial charge in [0.2, 0.25) is 0 Å². The van der Waals surface area contributed by atoms with E-state index in [1.165, 1.54) is 63.0 Å². The molecule has 2 aliphatic rings. The van der Waals surface area contributed by atoms with E-state index in [1.807, 2.05) is 6.07 Å². The Balaban J connectivity index is 1.15. The van der Waals surface area contributed by atoms with Crippen LogP contribution in [0, 0.1) is 23.5 Å². The number of halogens is 6. The average Bonchev–Trinajstić information content (AvgIpc) is 3.01. The standard InChI is InChI=1S/C37H42F6O/c1-2-3-4-5-24-6-8-25(9-7-24)26-10-12-27(13-11-26)29-16-20-32(34(38)22-29)28-14-17-30(18-15-28)37(42,43)44-31-19-21-33(36(40)41)35(39)23-31/h10-13,16,19-25,28,30,36H,2-9,14-15,17-18H2,1H3. The largest absolute Gasteiger partial charge is 0.432 e. The van der Waals surface area contributed by atoms with E-state index in [2.05, 4.69) is 31.2 Å². The van der Waals surface area contributed by atoms with E-state index in [-0.39, 0.29) is 24.6 Å². The van der Waals surface area contributed by atoms with E-state index in [9.17, 15) is 22.0 Å². The summed E-state index contributed by atoms with van der Waals surface area (Å²) < 4.78 is 89.2. The molecule has 0 amide bonds. The number of ether oxygens (including phenoxy) is 1. The summed E-state index contributed by atoms with van der Waals surface area (Å²) in [6.45, 7) is 2.25. The molecule has 3 aromatic rings. The zero-order chi connectivity index (χ0) is 31.3. The Hall–Kier alpha value is -2.96. The van der Waals surface area contributed by atoms with Crippen molar-refractivity contribution in [1.82, 2.24) is 0 Å². The lowest BCUT2D eigenvalue weighted by molar-refractivity contribution is -0.222. The second-order valence-electron chi connectivity index (χ2n) is 12.8. The van der Waals surface area contributed by atoms with Crippen molar-refractivity contribution in [1.29, 1.82) is 0 Å². The van der Waals surface area contributed by atoms with Gasteiger partial charge in [0, 0.05) is 6.07 Å². The third-order valence-electron chi connectivity index (χ3n) is 9.88. The maximum absolute atomic E-state index is 15.3. The van der Waals surface area contributed by atoms with Crippen molar-refractivity contribution in [3.8, 4) is 16.9 Å². The van der Waals surface area contributed by atoms with Crippen LogP contribution in [0.2, 0.25) is 0 Å². The van der Waals surface area contributed by atoms with Crippen LogP contribution in [-0.2, 0) is 0 Å². The summed E-state index contributed by atoms with van der Waals surface area (Å²) in [6, 6.07) is 15.9. The highest BCUT2D eigenvalue weighted by molar-refractivity contribution is 5.64. The molecule has 0 aromatic heterocycles. The molecule has 1 nitrogen and oxygen atoms in total. The predicted molar refractivity (Wildman–Crippen MR) is 162 cm³/mol. The van der Waals surface area contributed by atoms with E-state index in [4.69, 9.17) is 4.74 Å². The summed E-state index contributed by atoms with van der Waals surface area (Å²) in [6.07, 6.45) is 4.60. The number of unbranched alkanes of at least 4 members (excludes halogenated alkanes) is 2.